The maximum absolute atomic E-state index is 13.8. The summed E-state index contributed by atoms with van der Waals surface area (Å²) in [5.41, 5.74) is 9.82. The molecule has 2 aliphatic carbocycles. The monoisotopic (exact) mass is 606 g/mol. The van der Waals surface area contributed by atoms with E-state index in [-0.39, 0.29) is 23.9 Å². The maximum atomic E-state index is 13.8. The second-order valence-electron chi connectivity index (χ2n) is 12.5. The molecule has 3 aromatic heterocycles. The number of piperidine rings is 1. The zero-order chi connectivity index (χ0) is 30.9. The van der Waals surface area contributed by atoms with Gasteiger partial charge in [-0.25, -0.2) is 4.98 Å². The fraction of sp³-hybridized carbons (Fsp3) is 0.500. The van der Waals surface area contributed by atoms with Crippen molar-refractivity contribution in [2.24, 2.45) is 17.6 Å². The minimum Gasteiger partial charge on any atom is -0.501 e. The van der Waals surface area contributed by atoms with E-state index in [1.807, 2.05) is 27.7 Å². The second-order valence-corrected chi connectivity index (χ2v) is 14.0. The third kappa shape index (κ3) is 5.34. The van der Waals surface area contributed by atoms with Crippen molar-refractivity contribution in [2.45, 2.75) is 56.2 Å². The molecule has 7 rings (SSSR count). The lowest BCUT2D eigenvalue weighted by Crippen LogP contribution is -2.41. The van der Waals surface area contributed by atoms with Crippen LogP contribution < -0.4 is 15.2 Å². The molecule has 3 fully saturated rings. The molecule has 1 unspecified atom stereocenters. The molecule has 2 bridgehead atoms. The highest BCUT2D eigenvalue weighted by atomic mass is 32.2. The van der Waals surface area contributed by atoms with Gasteiger partial charge in [-0.05, 0) is 67.1 Å². The van der Waals surface area contributed by atoms with Gasteiger partial charge < -0.3 is 29.2 Å². The molecule has 6 radical (unpaired) electrons. The molecular formula is C30H33B3N6O4S. The number of amides is 1. The summed E-state index contributed by atoms with van der Waals surface area (Å²) in [5, 5.41) is -0.988. The molecule has 3 aliphatic rings. The predicted octanol–water partition coefficient (Wildman–Crippen LogP) is 1.91. The molecule has 44 heavy (non-hydrogen) atoms. The van der Waals surface area contributed by atoms with Crippen molar-refractivity contribution < 1.29 is 18.5 Å². The van der Waals surface area contributed by atoms with Crippen LogP contribution in [0.1, 0.15) is 36.0 Å². The van der Waals surface area contributed by atoms with E-state index in [9.17, 15) is 9.00 Å². The number of methoxy groups -OCH3 is 1. The summed E-state index contributed by atoms with van der Waals surface area (Å²) in [6, 6.07) is 9.31. The lowest BCUT2D eigenvalue weighted by atomic mass is 9.52. The van der Waals surface area contributed by atoms with Crippen LogP contribution in [0, 0.1) is 11.8 Å². The Bertz CT molecular complexity index is 1800. The number of carbonyl (C=O) groups excluding carboxylic acids is 1. The number of fused-ring (bicyclic) bond motifs is 4. The van der Waals surface area contributed by atoms with E-state index < -0.39 is 16.1 Å². The Morgan fingerprint density at radius 3 is 2.55 bits per heavy atom. The van der Waals surface area contributed by atoms with E-state index in [2.05, 4.69) is 4.57 Å². The first kappa shape index (κ1) is 29.5. The van der Waals surface area contributed by atoms with Crippen LogP contribution in [0.2, 0.25) is 0 Å². The van der Waals surface area contributed by atoms with Crippen LogP contribution in [-0.2, 0) is 23.9 Å². The summed E-state index contributed by atoms with van der Waals surface area (Å²) < 4.78 is 27.8. The fourth-order valence-electron chi connectivity index (χ4n) is 6.87. The number of benzene rings is 1. The van der Waals surface area contributed by atoms with Crippen LogP contribution in [0.25, 0.3) is 33.6 Å². The van der Waals surface area contributed by atoms with Crippen molar-refractivity contribution in [3.05, 3.63) is 35.9 Å². The first-order valence-corrected chi connectivity index (χ1v) is 16.7. The second kappa shape index (κ2) is 11.0. The normalized spacial score (nSPS) is 22.2. The first-order chi connectivity index (χ1) is 21.0. The number of aromatic nitrogens is 4. The topological polar surface area (TPSA) is 118 Å². The van der Waals surface area contributed by atoms with Gasteiger partial charge in [0, 0.05) is 71.5 Å². The van der Waals surface area contributed by atoms with Gasteiger partial charge in [0.15, 0.2) is 5.82 Å². The lowest BCUT2D eigenvalue weighted by Gasteiger charge is -2.27. The Morgan fingerprint density at radius 2 is 1.91 bits per heavy atom. The third-order valence-corrected chi connectivity index (χ3v) is 9.91. The maximum Gasteiger partial charge on any atom is 0.254 e. The number of ether oxygens (including phenoxy) is 2. The third-order valence-electron chi connectivity index (χ3n) is 9.16. The van der Waals surface area contributed by atoms with Gasteiger partial charge in [0.1, 0.15) is 40.5 Å². The Kier molecular flexibility index (Phi) is 7.35. The predicted molar refractivity (Wildman–Crippen MR) is 173 cm³/mol. The minimum absolute atomic E-state index is 0.0224. The van der Waals surface area contributed by atoms with Crippen molar-refractivity contribution in [2.75, 3.05) is 25.7 Å². The number of hydrogen-bond acceptors (Lipinski definition) is 7. The molecule has 2 N–H and O–H groups in total. The zero-order valence-corrected chi connectivity index (χ0v) is 25.8. The van der Waals surface area contributed by atoms with Gasteiger partial charge in [-0.1, -0.05) is 0 Å². The van der Waals surface area contributed by atoms with Crippen LogP contribution >= 0.6 is 0 Å². The summed E-state index contributed by atoms with van der Waals surface area (Å²) in [7, 11) is 17.6. The van der Waals surface area contributed by atoms with Gasteiger partial charge >= 0.3 is 0 Å². The van der Waals surface area contributed by atoms with Gasteiger partial charge in [-0.15, -0.1) is 0 Å². The number of carbonyl (C=O) groups is 1. The minimum atomic E-state index is -1.87. The summed E-state index contributed by atoms with van der Waals surface area (Å²) in [6.07, 6.45) is 5.92. The van der Waals surface area contributed by atoms with Gasteiger partial charge in [-0.2, -0.15) is 4.98 Å². The van der Waals surface area contributed by atoms with Crippen LogP contribution in [0.15, 0.2) is 30.3 Å². The Morgan fingerprint density at radius 1 is 1.11 bits per heavy atom. The van der Waals surface area contributed by atoms with Gasteiger partial charge in [0.25, 0.3) is 5.91 Å². The molecule has 14 heteroatoms. The Balaban J connectivity index is 1.38. The van der Waals surface area contributed by atoms with E-state index >= 15 is 0 Å². The summed E-state index contributed by atoms with van der Waals surface area (Å²) >= 11 is 0. The number of rotatable bonds is 10. The molecule has 4 heterocycles. The Hall–Kier alpha value is -3.25. The quantitative estimate of drug-likeness (QED) is 0.274. The van der Waals surface area contributed by atoms with Crippen molar-refractivity contribution in [1.82, 2.24) is 24.0 Å². The molecule has 1 aliphatic heterocycles. The average Bonchev–Trinajstić information content (AvgIpc) is 3.33. The number of nitrogens with two attached hydrogens (primary N) is 1. The van der Waals surface area contributed by atoms with Gasteiger partial charge in [-0.3, -0.25) is 9.00 Å². The molecule has 1 aromatic carbocycles. The number of nitrogens with zero attached hydrogens (tertiary/aromatic N) is 5. The van der Waals surface area contributed by atoms with E-state index in [0.29, 0.717) is 59.0 Å². The van der Waals surface area contributed by atoms with E-state index in [4.69, 9.17) is 48.7 Å². The molecule has 4 atom stereocenters. The standard InChI is InChI=1S/C30H33B3N6O4S/c1-42-23-13-19(29(40)39-15-18-5-7-21(39)25(18)34)11-20-26(23)37(9-10-44(2)41)28(35-20)22-12-17-6-8-24(43-30(31,32)33)36-27(17)38(22)14-16-3-4-16/h6,8,11-13,16,18,21,25H,3-5,7,9-10,14-15,34H2,1-2H3/t18-,21-,25-,44?/m1/s1. The number of likely N-dealkylation sites (tertiary alicyclic amines) is 1. The van der Waals surface area contributed by atoms with Crippen LogP contribution in [0.4, 0.5) is 0 Å². The van der Waals surface area contributed by atoms with Crippen molar-refractivity contribution in [3.63, 3.8) is 0 Å². The van der Waals surface area contributed by atoms with E-state index in [1.165, 1.54) is 0 Å². The lowest BCUT2D eigenvalue weighted by molar-refractivity contribution is 0.0700. The van der Waals surface area contributed by atoms with Crippen molar-refractivity contribution in [3.8, 4) is 23.1 Å². The smallest absolute Gasteiger partial charge is 0.254 e. The number of hydrogen-bond donors (Lipinski definition) is 1. The highest BCUT2D eigenvalue weighted by Crippen LogP contribution is 2.40. The molecular weight excluding hydrogens is 573 g/mol. The largest absolute Gasteiger partial charge is 0.501 e. The fourth-order valence-corrected chi connectivity index (χ4v) is 7.31. The summed E-state index contributed by atoms with van der Waals surface area (Å²) in [4.78, 5) is 25.5. The number of pyridine rings is 1. The molecule has 0 spiro atoms. The zero-order valence-electron chi connectivity index (χ0n) is 24.9. The highest BCUT2D eigenvalue weighted by molar-refractivity contribution is 7.84. The molecule has 1 amide bonds. The molecule has 222 valence electrons. The van der Waals surface area contributed by atoms with Crippen molar-refractivity contribution >= 4 is 62.3 Å². The van der Waals surface area contributed by atoms with E-state index in [1.54, 1.807) is 25.5 Å². The summed E-state index contributed by atoms with van der Waals surface area (Å²) in [5.74, 6) is 2.62. The van der Waals surface area contributed by atoms with Gasteiger partial charge in [0.2, 0.25) is 5.88 Å². The molecule has 4 aromatic rings. The first-order valence-electron chi connectivity index (χ1n) is 15.0. The molecule has 1 saturated heterocycles. The van der Waals surface area contributed by atoms with Crippen LogP contribution in [0.5, 0.6) is 11.6 Å². The van der Waals surface area contributed by atoms with Gasteiger partial charge in [0.05, 0.1) is 18.3 Å². The van der Waals surface area contributed by atoms with Crippen LogP contribution in [0.3, 0.4) is 0 Å². The summed E-state index contributed by atoms with van der Waals surface area (Å²) in [6.45, 7) is 1.84. The van der Waals surface area contributed by atoms with E-state index in [0.717, 1.165) is 48.8 Å². The average molecular weight is 606 g/mol. The Labute approximate surface area is 262 Å². The van der Waals surface area contributed by atoms with Crippen molar-refractivity contribution in [1.29, 1.82) is 0 Å². The number of aryl methyl sites for hydroxylation is 1. The van der Waals surface area contributed by atoms with Crippen LogP contribution in [-0.4, -0.2) is 101 Å². The molecule has 10 nitrogen and oxygen atoms in total. The number of imidazole rings is 1. The molecule has 2 saturated carbocycles. The SMILES string of the molecule is [B]C([B])([B])Oc1ccc2cc(-c3nc4cc(C(=O)N5C[C@H]6CC[C@@H]5[C@@H]6N)cc(OC)c4n3CCS(C)=O)n(CC3CC3)c2n1. The highest BCUT2D eigenvalue weighted by Gasteiger charge is 2.47.